The Labute approximate surface area is 181 Å². The maximum absolute atomic E-state index is 12.9. The molecule has 1 unspecified atom stereocenters. The van der Waals surface area contributed by atoms with Gasteiger partial charge in [-0.2, -0.15) is 13.2 Å². The molecule has 0 aliphatic rings. The molecule has 0 radical (unpaired) electrons. The van der Waals surface area contributed by atoms with Crippen molar-refractivity contribution < 1.29 is 22.7 Å². The number of anilines is 1. The number of rotatable bonds is 12. The number of alkyl halides is 3. The summed E-state index contributed by atoms with van der Waals surface area (Å²) < 4.78 is 44.3. The number of halogens is 4. The zero-order valence-electron chi connectivity index (χ0n) is 17.9. The number of ether oxygens (including phenoxy) is 1. The monoisotopic (exact) mass is 452 g/mol. The van der Waals surface area contributed by atoms with Gasteiger partial charge in [0.05, 0.1) is 16.7 Å². The first-order valence-electron chi connectivity index (χ1n) is 9.91. The number of urea groups is 1. The Morgan fingerprint density at radius 2 is 1.97 bits per heavy atom. The van der Waals surface area contributed by atoms with Crippen LogP contribution in [0.1, 0.15) is 32.3 Å². The lowest BCUT2D eigenvalue weighted by Crippen LogP contribution is -2.41. The van der Waals surface area contributed by atoms with Gasteiger partial charge in [-0.25, -0.2) is 4.79 Å². The van der Waals surface area contributed by atoms with Crippen molar-refractivity contribution in [3.8, 4) is 0 Å². The van der Waals surface area contributed by atoms with Gasteiger partial charge in [0.2, 0.25) is 0 Å². The van der Waals surface area contributed by atoms with Crippen molar-refractivity contribution in [3.05, 3.63) is 28.8 Å². The van der Waals surface area contributed by atoms with Crippen molar-refractivity contribution in [1.82, 2.24) is 15.5 Å². The minimum Gasteiger partial charge on any atom is -0.380 e. The molecule has 1 rings (SSSR count). The Morgan fingerprint density at radius 1 is 1.27 bits per heavy atom. The van der Waals surface area contributed by atoms with Crippen LogP contribution in [-0.4, -0.2) is 63.4 Å². The fourth-order valence-corrected chi connectivity index (χ4v) is 3.12. The molecule has 1 atom stereocenters. The highest BCUT2D eigenvalue weighted by Gasteiger charge is 2.33. The molecular formula is C20H32ClF3N4O2. The van der Waals surface area contributed by atoms with Crippen LogP contribution in [0.5, 0.6) is 0 Å². The van der Waals surface area contributed by atoms with E-state index in [4.69, 9.17) is 16.3 Å². The van der Waals surface area contributed by atoms with E-state index in [1.165, 1.54) is 6.07 Å². The third kappa shape index (κ3) is 9.51. The van der Waals surface area contributed by atoms with Crippen molar-refractivity contribution >= 4 is 23.3 Å². The van der Waals surface area contributed by atoms with Crippen LogP contribution in [0, 0.1) is 0 Å². The number of hydrogen-bond acceptors (Lipinski definition) is 4. The standard InChI is InChI=1S/C20H32ClF3N4O2/c1-14(2)28(13-16(30-4)8-10-25-3)11-5-9-26-19(29)27-15-6-7-18(21)17(12-15)20(22,23)24/h6-7,12,14,16,25H,5,8-11,13H2,1-4H3,(H2,26,27,29). The van der Waals surface area contributed by atoms with Gasteiger partial charge in [0.15, 0.2) is 0 Å². The second-order valence-corrected chi connectivity index (χ2v) is 7.67. The normalized spacial score (nSPS) is 13.0. The first-order valence-corrected chi connectivity index (χ1v) is 10.3. The quantitative estimate of drug-likeness (QED) is 0.416. The number of benzene rings is 1. The third-order valence-corrected chi connectivity index (χ3v) is 4.98. The Hall–Kier alpha value is -1.55. The molecule has 0 heterocycles. The fraction of sp³-hybridized carbons (Fsp3) is 0.650. The Bertz CT molecular complexity index is 659. The van der Waals surface area contributed by atoms with E-state index in [1.54, 1.807) is 7.11 Å². The number of methoxy groups -OCH3 is 1. The van der Waals surface area contributed by atoms with Crippen LogP contribution in [-0.2, 0) is 10.9 Å². The summed E-state index contributed by atoms with van der Waals surface area (Å²) in [5.41, 5.74) is -0.957. The van der Waals surface area contributed by atoms with E-state index in [0.29, 0.717) is 19.0 Å². The maximum Gasteiger partial charge on any atom is 0.417 e. The average molecular weight is 453 g/mol. The zero-order chi connectivity index (χ0) is 22.7. The van der Waals surface area contributed by atoms with Crippen LogP contribution < -0.4 is 16.0 Å². The molecule has 10 heteroatoms. The van der Waals surface area contributed by atoms with E-state index >= 15 is 0 Å². The highest BCUT2D eigenvalue weighted by atomic mass is 35.5. The Kier molecular flexibility index (Phi) is 11.5. The molecule has 1 aromatic rings. The molecule has 6 nitrogen and oxygen atoms in total. The number of carbonyl (C=O) groups is 1. The maximum atomic E-state index is 12.9. The lowest BCUT2D eigenvalue weighted by molar-refractivity contribution is -0.137. The molecule has 0 fully saturated rings. The summed E-state index contributed by atoms with van der Waals surface area (Å²) in [6.45, 7) is 7.01. The number of nitrogens with one attached hydrogen (secondary N) is 3. The average Bonchev–Trinajstić information content (AvgIpc) is 2.67. The molecule has 0 bridgehead atoms. The van der Waals surface area contributed by atoms with Crippen molar-refractivity contribution in [3.63, 3.8) is 0 Å². The van der Waals surface area contributed by atoms with Gasteiger partial charge in [0, 0.05) is 38.5 Å². The van der Waals surface area contributed by atoms with Gasteiger partial charge < -0.3 is 20.7 Å². The van der Waals surface area contributed by atoms with E-state index in [0.717, 1.165) is 38.2 Å². The topological polar surface area (TPSA) is 65.6 Å². The SMILES string of the molecule is CNCCC(CN(CCCNC(=O)Nc1ccc(Cl)c(C(F)(F)F)c1)C(C)C)OC. The van der Waals surface area contributed by atoms with Crippen molar-refractivity contribution in [1.29, 1.82) is 0 Å². The Morgan fingerprint density at radius 3 is 2.53 bits per heavy atom. The summed E-state index contributed by atoms with van der Waals surface area (Å²) in [6, 6.07) is 3.01. The fourth-order valence-electron chi connectivity index (χ4n) is 2.89. The van der Waals surface area contributed by atoms with Gasteiger partial charge in [-0.3, -0.25) is 4.90 Å². The zero-order valence-corrected chi connectivity index (χ0v) is 18.7. The second kappa shape index (κ2) is 13.0. The molecule has 30 heavy (non-hydrogen) atoms. The van der Waals surface area contributed by atoms with Crippen LogP contribution in [0.4, 0.5) is 23.7 Å². The van der Waals surface area contributed by atoms with Crippen molar-refractivity contribution in [2.45, 2.75) is 45.0 Å². The molecule has 2 amide bonds. The molecule has 3 N–H and O–H groups in total. The summed E-state index contributed by atoms with van der Waals surface area (Å²) in [7, 11) is 3.60. The van der Waals surface area contributed by atoms with E-state index in [1.807, 2.05) is 7.05 Å². The smallest absolute Gasteiger partial charge is 0.380 e. The summed E-state index contributed by atoms with van der Waals surface area (Å²) in [4.78, 5) is 14.3. The molecule has 0 aromatic heterocycles. The van der Waals surface area contributed by atoms with Gasteiger partial charge in [-0.15, -0.1) is 0 Å². The third-order valence-electron chi connectivity index (χ3n) is 4.66. The molecule has 172 valence electrons. The predicted octanol–water partition coefficient (Wildman–Crippen LogP) is 4.21. The van der Waals surface area contributed by atoms with E-state index < -0.39 is 22.8 Å². The van der Waals surface area contributed by atoms with Gasteiger partial charge in [-0.1, -0.05) is 11.6 Å². The molecule has 1 aromatic carbocycles. The number of nitrogens with zero attached hydrogens (tertiary/aromatic N) is 1. The number of hydrogen-bond donors (Lipinski definition) is 3. The lowest BCUT2D eigenvalue weighted by atomic mass is 10.2. The molecule has 0 saturated heterocycles. The van der Waals surface area contributed by atoms with Gasteiger partial charge >= 0.3 is 12.2 Å². The van der Waals surface area contributed by atoms with Gasteiger partial charge in [-0.05, 0) is 58.5 Å². The Balaban J connectivity index is 2.48. The van der Waals surface area contributed by atoms with E-state index in [2.05, 4.69) is 34.7 Å². The van der Waals surface area contributed by atoms with Crippen LogP contribution in [0.2, 0.25) is 5.02 Å². The highest BCUT2D eigenvalue weighted by Crippen LogP contribution is 2.36. The highest BCUT2D eigenvalue weighted by molar-refractivity contribution is 6.31. The summed E-state index contributed by atoms with van der Waals surface area (Å²) in [5.74, 6) is 0. The minimum absolute atomic E-state index is 0.0282. The van der Waals surface area contributed by atoms with Gasteiger partial charge in [0.1, 0.15) is 0 Å². The lowest BCUT2D eigenvalue weighted by Gasteiger charge is -2.30. The second-order valence-electron chi connectivity index (χ2n) is 7.27. The number of amides is 2. The van der Waals surface area contributed by atoms with Gasteiger partial charge in [0.25, 0.3) is 0 Å². The molecule has 0 saturated carbocycles. The molecule has 0 aliphatic heterocycles. The number of carbonyl (C=O) groups excluding carboxylic acids is 1. The van der Waals surface area contributed by atoms with Crippen LogP contribution in [0.3, 0.4) is 0 Å². The van der Waals surface area contributed by atoms with E-state index in [9.17, 15) is 18.0 Å². The van der Waals surface area contributed by atoms with Crippen LogP contribution in [0.25, 0.3) is 0 Å². The molecular weight excluding hydrogens is 421 g/mol. The van der Waals surface area contributed by atoms with Crippen molar-refractivity contribution in [2.75, 3.05) is 45.7 Å². The first kappa shape index (κ1) is 26.5. The van der Waals surface area contributed by atoms with Crippen LogP contribution >= 0.6 is 11.6 Å². The predicted molar refractivity (Wildman–Crippen MR) is 114 cm³/mol. The largest absolute Gasteiger partial charge is 0.417 e. The molecule has 0 aliphatic carbocycles. The molecule has 0 spiro atoms. The summed E-state index contributed by atoms with van der Waals surface area (Å²) >= 11 is 5.58. The summed E-state index contributed by atoms with van der Waals surface area (Å²) in [5, 5.41) is 7.78. The summed E-state index contributed by atoms with van der Waals surface area (Å²) in [6.07, 6.45) is -2.87. The first-order chi connectivity index (χ1) is 14.1. The minimum atomic E-state index is -4.58. The van der Waals surface area contributed by atoms with Crippen molar-refractivity contribution in [2.24, 2.45) is 0 Å². The van der Waals surface area contributed by atoms with Crippen LogP contribution in [0.15, 0.2) is 18.2 Å². The van der Waals surface area contributed by atoms with E-state index in [-0.39, 0.29) is 11.8 Å².